The standard InChI is InChI=1S/C19H24N2O/c1-22-19-9-7-16(8-10-19)14-20-15-17-5-4-6-18(13-17)21-11-2-3-12-21/h4-10,13,20H,2-3,11-12,14-15H2,1H3. The van der Waals surface area contributed by atoms with E-state index in [1.165, 1.54) is 42.7 Å². The van der Waals surface area contributed by atoms with Gasteiger partial charge in [-0.05, 0) is 48.2 Å². The molecule has 22 heavy (non-hydrogen) atoms. The first-order valence-electron chi connectivity index (χ1n) is 8.03. The predicted octanol–water partition coefficient (Wildman–Crippen LogP) is 3.59. The van der Waals surface area contributed by atoms with Crippen LogP contribution in [-0.4, -0.2) is 20.2 Å². The summed E-state index contributed by atoms with van der Waals surface area (Å²) in [5, 5.41) is 3.51. The van der Waals surface area contributed by atoms with Gasteiger partial charge in [0.05, 0.1) is 7.11 Å². The van der Waals surface area contributed by atoms with Crippen LogP contribution in [0.1, 0.15) is 24.0 Å². The van der Waals surface area contributed by atoms with Gasteiger partial charge in [0.15, 0.2) is 0 Å². The molecule has 0 saturated carbocycles. The van der Waals surface area contributed by atoms with Crippen LogP contribution in [-0.2, 0) is 13.1 Å². The fraction of sp³-hybridized carbons (Fsp3) is 0.368. The van der Waals surface area contributed by atoms with E-state index < -0.39 is 0 Å². The summed E-state index contributed by atoms with van der Waals surface area (Å²) in [6.07, 6.45) is 2.64. The highest BCUT2D eigenvalue weighted by molar-refractivity contribution is 5.49. The van der Waals surface area contributed by atoms with E-state index in [0.717, 1.165) is 18.8 Å². The minimum Gasteiger partial charge on any atom is -0.497 e. The average Bonchev–Trinajstić information content (AvgIpc) is 3.10. The molecule has 3 rings (SSSR count). The van der Waals surface area contributed by atoms with E-state index in [1.54, 1.807) is 7.11 Å². The van der Waals surface area contributed by atoms with E-state index in [9.17, 15) is 0 Å². The first-order valence-corrected chi connectivity index (χ1v) is 8.03. The molecule has 0 amide bonds. The van der Waals surface area contributed by atoms with Crippen LogP contribution in [0, 0.1) is 0 Å². The Kier molecular flexibility index (Phi) is 4.96. The van der Waals surface area contributed by atoms with Crippen molar-refractivity contribution < 1.29 is 4.74 Å². The maximum absolute atomic E-state index is 5.18. The Morgan fingerprint density at radius 2 is 1.68 bits per heavy atom. The number of methoxy groups -OCH3 is 1. The molecular formula is C19H24N2O. The molecular weight excluding hydrogens is 272 g/mol. The summed E-state index contributed by atoms with van der Waals surface area (Å²) >= 11 is 0. The molecule has 0 aromatic heterocycles. The van der Waals surface area contributed by atoms with Gasteiger partial charge < -0.3 is 15.0 Å². The number of hydrogen-bond donors (Lipinski definition) is 1. The third-order valence-electron chi connectivity index (χ3n) is 4.20. The van der Waals surface area contributed by atoms with Crippen LogP contribution in [0.4, 0.5) is 5.69 Å². The Balaban J connectivity index is 1.53. The second kappa shape index (κ2) is 7.32. The summed E-state index contributed by atoms with van der Waals surface area (Å²) < 4.78 is 5.18. The van der Waals surface area contributed by atoms with Crippen molar-refractivity contribution in [3.63, 3.8) is 0 Å². The van der Waals surface area contributed by atoms with E-state index in [4.69, 9.17) is 4.74 Å². The Morgan fingerprint density at radius 3 is 2.41 bits per heavy atom. The lowest BCUT2D eigenvalue weighted by Crippen LogP contribution is -2.18. The summed E-state index contributed by atoms with van der Waals surface area (Å²) in [6.45, 7) is 4.16. The number of nitrogens with zero attached hydrogens (tertiary/aromatic N) is 1. The topological polar surface area (TPSA) is 24.5 Å². The molecule has 0 aliphatic carbocycles. The lowest BCUT2D eigenvalue weighted by molar-refractivity contribution is 0.414. The van der Waals surface area contributed by atoms with E-state index in [2.05, 4.69) is 46.6 Å². The summed E-state index contributed by atoms with van der Waals surface area (Å²) in [7, 11) is 1.70. The van der Waals surface area contributed by atoms with Crippen LogP contribution < -0.4 is 15.0 Å². The molecule has 116 valence electrons. The van der Waals surface area contributed by atoms with Gasteiger partial charge in [0.1, 0.15) is 5.75 Å². The molecule has 0 atom stereocenters. The quantitative estimate of drug-likeness (QED) is 0.881. The normalized spacial score (nSPS) is 14.3. The van der Waals surface area contributed by atoms with E-state index in [-0.39, 0.29) is 0 Å². The van der Waals surface area contributed by atoms with Crippen LogP contribution in [0.5, 0.6) is 5.75 Å². The van der Waals surface area contributed by atoms with Crippen molar-refractivity contribution in [1.82, 2.24) is 5.32 Å². The van der Waals surface area contributed by atoms with Crippen molar-refractivity contribution >= 4 is 5.69 Å². The van der Waals surface area contributed by atoms with Gasteiger partial charge >= 0.3 is 0 Å². The molecule has 1 aliphatic heterocycles. The average molecular weight is 296 g/mol. The molecule has 3 heteroatoms. The van der Waals surface area contributed by atoms with Crippen LogP contribution in [0.25, 0.3) is 0 Å². The molecule has 0 radical (unpaired) electrons. The number of rotatable bonds is 6. The molecule has 0 unspecified atom stereocenters. The predicted molar refractivity (Wildman–Crippen MR) is 91.4 cm³/mol. The van der Waals surface area contributed by atoms with Gasteiger partial charge in [-0.1, -0.05) is 24.3 Å². The smallest absolute Gasteiger partial charge is 0.118 e. The molecule has 1 saturated heterocycles. The van der Waals surface area contributed by atoms with Crippen molar-refractivity contribution in [2.24, 2.45) is 0 Å². The maximum atomic E-state index is 5.18. The molecule has 1 heterocycles. The zero-order valence-electron chi connectivity index (χ0n) is 13.2. The largest absolute Gasteiger partial charge is 0.497 e. The summed E-state index contributed by atoms with van der Waals surface area (Å²) in [4.78, 5) is 2.48. The van der Waals surface area contributed by atoms with E-state index in [1.807, 2.05) is 12.1 Å². The van der Waals surface area contributed by atoms with Gasteiger partial charge in [-0.3, -0.25) is 0 Å². The highest BCUT2D eigenvalue weighted by Gasteiger charge is 2.12. The van der Waals surface area contributed by atoms with Crippen LogP contribution >= 0.6 is 0 Å². The van der Waals surface area contributed by atoms with Gasteiger partial charge in [-0.2, -0.15) is 0 Å². The summed E-state index contributed by atoms with van der Waals surface area (Å²) in [5.74, 6) is 0.905. The summed E-state index contributed by atoms with van der Waals surface area (Å²) in [5.41, 5.74) is 3.98. The minimum atomic E-state index is 0.873. The number of nitrogens with one attached hydrogen (secondary N) is 1. The number of hydrogen-bond acceptors (Lipinski definition) is 3. The maximum Gasteiger partial charge on any atom is 0.118 e. The third kappa shape index (κ3) is 3.80. The van der Waals surface area contributed by atoms with Gasteiger partial charge in [0.2, 0.25) is 0 Å². The molecule has 0 spiro atoms. The first kappa shape index (κ1) is 14.9. The molecule has 2 aromatic rings. The summed E-state index contributed by atoms with van der Waals surface area (Å²) in [6, 6.07) is 17.1. The second-order valence-electron chi connectivity index (χ2n) is 5.82. The van der Waals surface area contributed by atoms with Crippen molar-refractivity contribution in [3.05, 3.63) is 59.7 Å². The Morgan fingerprint density at radius 1 is 0.955 bits per heavy atom. The van der Waals surface area contributed by atoms with Crippen LogP contribution in [0.2, 0.25) is 0 Å². The Labute approximate surface area is 132 Å². The van der Waals surface area contributed by atoms with Gasteiger partial charge in [-0.25, -0.2) is 0 Å². The zero-order valence-corrected chi connectivity index (χ0v) is 13.2. The fourth-order valence-corrected chi connectivity index (χ4v) is 2.93. The second-order valence-corrected chi connectivity index (χ2v) is 5.82. The Bertz CT molecular complexity index is 589. The number of benzene rings is 2. The third-order valence-corrected chi connectivity index (χ3v) is 4.20. The highest BCUT2D eigenvalue weighted by Crippen LogP contribution is 2.21. The lowest BCUT2D eigenvalue weighted by Gasteiger charge is -2.18. The van der Waals surface area contributed by atoms with Gasteiger partial charge in [0.25, 0.3) is 0 Å². The van der Waals surface area contributed by atoms with Crippen LogP contribution in [0.3, 0.4) is 0 Å². The lowest BCUT2D eigenvalue weighted by atomic mass is 10.1. The van der Waals surface area contributed by atoms with E-state index >= 15 is 0 Å². The van der Waals surface area contributed by atoms with Crippen molar-refractivity contribution in [2.75, 3.05) is 25.1 Å². The first-order chi connectivity index (χ1) is 10.8. The number of anilines is 1. The highest BCUT2D eigenvalue weighted by atomic mass is 16.5. The van der Waals surface area contributed by atoms with Crippen molar-refractivity contribution in [2.45, 2.75) is 25.9 Å². The molecule has 2 aromatic carbocycles. The van der Waals surface area contributed by atoms with Gasteiger partial charge in [0, 0.05) is 31.9 Å². The molecule has 1 fully saturated rings. The van der Waals surface area contributed by atoms with E-state index in [0.29, 0.717) is 0 Å². The van der Waals surface area contributed by atoms with Crippen molar-refractivity contribution in [3.8, 4) is 5.75 Å². The SMILES string of the molecule is COc1ccc(CNCc2cccc(N3CCCC3)c2)cc1. The molecule has 3 nitrogen and oxygen atoms in total. The Hall–Kier alpha value is -2.00. The molecule has 0 bridgehead atoms. The molecule has 1 N–H and O–H groups in total. The monoisotopic (exact) mass is 296 g/mol. The zero-order chi connectivity index (χ0) is 15.2. The fourth-order valence-electron chi connectivity index (χ4n) is 2.93. The molecule has 1 aliphatic rings. The van der Waals surface area contributed by atoms with Gasteiger partial charge in [-0.15, -0.1) is 0 Å². The van der Waals surface area contributed by atoms with Crippen molar-refractivity contribution in [1.29, 1.82) is 0 Å². The minimum absolute atomic E-state index is 0.873. The number of ether oxygens (including phenoxy) is 1. The van der Waals surface area contributed by atoms with Crippen LogP contribution in [0.15, 0.2) is 48.5 Å².